The molecule has 0 spiro atoms. The van der Waals surface area contributed by atoms with E-state index in [-0.39, 0.29) is 17.1 Å². The molecule has 100 valence electrons. The van der Waals surface area contributed by atoms with E-state index >= 15 is 0 Å². The molecular formula is C12H8F3NO2S. The lowest BCUT2D eigenvalue weighted by Gasteiger charge is -2.08. The zero-order valence-electron chi connectivity index (χ0n) is 9.41. The molecule has 0 aliphatic carbocycles. The van der Waals surface area contributed by atoms with Crippen molar-refractivity contribution < 1.29 is 23.1 Å². The second-order valence-corrected chi connectivity index (χ2v) is 4.60. The summed E-state index contributed by atoms with van der Waals surface area (Å²) in [5, 5.41) is 12.9. The molecule has 1 aromatic heterocycles. The maximum atomic E-state index is 13.4. The molecule has 0 aliphatic heterocycles. The van der Waals surface area contributed by atoms with Gasteiger partial charge in [-0.1, -0.05) is 0 Å². The van der Waals surface area contributed by atoms with Crippen LogP contribution in [0, 0.1) is 17.5 Å². The number of hydrogen-bond donors (Lipinski definition) is 2. The molecule has 0 unspecified atom stereocenters. The second kappa shape index (κ2) is 5.31. The van der Waals surface area contributed by atoms with Gasteiger partial charge < -0.3 is 10.4 Å². The van der Waals surface area contributed by atoms with E-state index in [1.54, 1.807) is 11.4 Å². The minimum atomic E-state index is -1.30. The molecule has 2 N–H and O–H groups in total. The minimum Gasteiger partial charge on any atom is -0.477 e. The summed E-state index contributed by atoms with van der Waals surface area (Å²) in [6, 6.07) is 2.80. The number of anilines is 1. The number of thiophene rings is 1. The highest BCUT2D eigenvalue weighted by Gasteiger charge is 2.14. The Balaban J connectivity index is 2.19. The number of hydrogen-bond acceptors (Lipinski definition) is 3. The average Bonchev–Trinajstić information content (AvgIpc) is 2.80. The number of rotatable bonds is 4. The van der Waals surface area contributed by atoms with Gasteiger partial charge in [0.2, 0.25) is 0 Å². The second-order valence-electron chi connectivity index (χ2n) is 3.68. The highest BCUT2D eigenvalue weighted by atomic mass is 32.1. The van der Waals surface area contributed by atoms with Crippen molar-refractivity contribution in [2.24, 2.45) is 0 Å². The molecule has 1 heterocycles. The summed E-state index contributed by atoms with van der Waals surface area (Å²) < 4.78 is 39.3. The first-order valence-electron chi connectivity index (χ1n) is 5.17. The Labute approximate surface area is 110 Å². The minimum absolute atomic E-state index is 0.0368. The van der Waals surface area contributed by atoms with Gasteiger partial charge in [0, 0.05) is 18.7 Å². The van der Waals surface area contributed by atoms with Crippen LogP contribution in [0.15, 0.2) is 23.6 Å². The quantitative estimate of drug-likeness (QED) is 0.846. The summed E-state index contributed by atoms with van der Waals surface area (Å²) >= 11 is 1.02. The number of halogens is 3. The molecule has 0 aliphatic rings. The lowest BCUT2D eigenvalue weighted by molar-refractivity contribution is 0.0701. The summed E-state index contributed by atoms with van der Waals surface area (Å²) in [5.41, 5.74) is 0.0709. The molecule has 19 heavy (non-hydrogen) atoms. The normalized spacial score (nSPS) is 10.5. The SMILES string of the molecule is O=C(O)c1sccc1CNc1cc(F)cc(F)c1F. The van der Waals surface area contributed by atoms with Crippen molar-refractivity contribution in [2.75, 3.05) is 5.32 Å². The predicted molar refractivity (Wildman–Crippen MR) is 64.9 cm³/mol. The van der Waals surface area contributed by atoms with Crippen LogP contribution in [-0.2, 0) is 6.54 Å². The Morgan fingerprint density at radius 1 is 1.32 bits per heavy atom. The van der Waals surface area contributed by atoms with E-state index in [4.69, 9.17) is 5.11 Å². The molecule has 0 amide bonds. The predicted octanol–water partition coefficient (Wildman–Crippen LogP) is 3.48. The Bertz CT molecular complexity index is 627. The summed E-state index contributed by atoms with van der Waals surface area (Å²) in [5.74, 6) is -4.51. The first-order chi connectivity index (χ1) is 8.99. The number of carboxylic acids is 1. The molecular weight excluding hydrogens is 279 g/mol. The van der Waals surface area contributed by atoms with Crippen LogP contribution >= 0.6 is 11.3 Å². The van der Waals surface area contributed by atoms with E-state index in [1.165, 1.54) is 0 Å². The van der Waals surface area contributed by atoms with Crippen molar-refractivity contribution in [1.82, 2.24) is 0 Å². The zero-order chi connectivity index (χ0) is 14.0. The summed E-state index contributed by atoms with van der Waals surface area (Å²) in [6.07, 6.45) is 0. The van der Waals surface area contributed by atoms with Crippen LogP contribution in [0.25, 0.3) is 0 Å². The van der Waals surface area contributed by atoms with Crippen molar-refractivity contribution in [3.63, 3.8) is 0 Å². The highest BCUT2D eigenvalue weighted by Crippen LogP contribution is 2.22. The van der Waals surface area contributed by atoms with Crippen molar-refractivity contribution in [2.45, 2.75) is 6.54 Å². The molecule has 0 radical (unpaired) electrons. The largest absolute Gasteiger partial charge is 0.477 e. The van der Waals surface area contributed by atoms with E-state index < -0.39 is 23.4 Å². The van der Waals surface area contributed by atoms with Crippen LogP contribution in [0.3, 0.4) is 0 Å². The fourth-order valence-electron chi connectivity index (χ4n) is 1.54. The number of benzene rings is 1. The molecule has 2 rings (SSSR count). The molecule has 3 nitrogen and oxygen atoms in total. The summed E-state index contributed by atoms with van der Waals surface area (Å²) in [7, 11) is 0. The lowest BCUT2D eigenvalue weighted by Crippen LogP contribution is -2.06. The van der Waals surface area contributed by atoms with Crippen molar-refractivity contribution >= 4 is 23.0 Å². The van der Waals surface area contributed by atoms with Gasteiger partial charge in [-0.15, -0.1) is 11.3 Å². The zero-order valence-corrected chi connectivity index (χ0v) is 10.2. The van der Waals surface area contributed by atoms with E-state index in [0.717, 1.165) is 17.4 Å². The van der Waals surface area contributed by atoms with Gasteiger partial charge in [0.25, 0.3) is 0 Å². The number of nitrogens with one attached hydrogen (secondary N) is 1. The molecule has 2 aromatic rings. The fraction of sp³-hybridized carbons (Fsp3) is 0.0833. The van der Waals surface area contributed by atoms with Gasteiger partial charge in [0.1, 0.15) is 10.7 Å². The molecule has 0 saturated carbocycles. The number of carbonyl (C=O) groups is 1. The smallest absolute Gasteiger partial charge is 0.346 e. The van der Waals surface area contributed by atoms with E-state index in [0.29, 0.717) is 11.6 Å². The van der Waals surface area contributed by atoms with Crippen molar-refractivity contribution in [1.29, 1.82) is 0 Å². The van der Waals surface area contributed by atoms with Gasteiger partial charge in [0.05, 0.1) is 5.69 Å². The van der Waals surface area contributed by atoms with Gasteiger partial charge >= 0.3 is 5.97 Å². The molecule has 1 aromatic carbocycles. The topological polar surface area (TPSA) is 49.3 Å². The Morgan fingerprint density at radius 3 is 2.74 bits per heavy atom. The molecule has 0 bridgehead atoms. The molecule has 0 fully saturated rings. The van der Waals surface area contributed by atoms with E-state index in [9.17, 15) is 18.0 Å². The third-order valence-corrected chi connectivity index (χ3v) is 3.35. The van der Waals surface area contributed by atoms with Crippen LogP contribution in [0.5, 0.6) is 0 Å². The molecule has 7 heteroatoms. The monoisotopic (exact) mass is 287 g/mol. The maximum absolute atomic E-state index is 13.4. The summed E-state index contributed by atoms with van der Waals surface area (Å²) in [6.45, 7) is -0.0368. The van der Waals surface area contributed by atoms with Gasteiger partial charge in [0.15, 0.2) is 11.6 Å². The van der Waals surface area contributed by atoms with Crippen molar-refractivity contribution in [3.8, 4) is 0 Å². The maximum Gasteiger partial charge on any atom is 0.346 e. The third kappa shape index (κ3) is 2.87. The van der Waals surface area contributed by atoms with Crippen LogP contribution in [0.1, 0.15) is 15.2 Å². The number of carboxylic acid groups (broad SMARTS) is 1. The van der Waals surface area contributed by atoms with Gasteiger partial charge in [-0.05, 0) is 17.0 Å². The van der Waals surface area contributed by atoms with Gasteiger partial charge in [-0.25, -0.2) is 18.0 Å². The van der Waals surface area contributed by atoms with E-state index in [1.807, 2.05) is 0 Å². The van der Waals surface area contributed by atoms with Crippen molar-refractivity contribution in [3.05, 3.63) is 51.5 Å². The van der Waals surface area contributed by atoms with Crippen LogP contribution in [0.2, 0.25) is 0 Å². The average molecular weight is 287 g/mol. The third-order valence-electron chi connectivity index (χ3n) is 2.40. The lowest BCUT2D eigenvalue weighted by atomic mass is 10.2. The first-order valence-corrected chi connectivity index (χ1v) is 6.05. The Hall–Kier alpha value is -2.02. The van der Waals surface area contributed by atoms with Crippen LogP contribution < -0.4 is 5.32 Å². The highest BCUT2D eigenvalue weighted by molar-refractivity contribution is 7.12. The molecule has 0 atom stereocenters. The summed E-state index contributed by atoms with van der Waals surface area (Å²) in [4.78, 5) is 11.0. The fourth-order valence-corrected chi connectivity index (χ4v) is 2.30. The standard InChI is InChI=1S/C12H8F3NO2S/c13-7-3-8(14)10(15)9(4-7)16-5-6-1-2-19-11(6)12(17)18/h1-4,16H,5H2,(H,17,18). The van der Waals surface area contributed by atoms with Crippen LogP contribution in [0.4, 0.5) is 18.9 Å². The van der Waals surface area contributed by atoms with Gasteiger partial charge in [-0.3, -0.25) is 0 Å². The molecule has 0 saturated heterocycles. The van der Waals surface area contributed by atoms with E-state index in [2.05, 4.69) is 5.32 Å². The van der Waals surface area contributed by atoms with Gasteiger partial charge in [-0.2, -0.15) is 0 Å². The van der Waals surface area contributed by atoms with Crippen LogP contribution in [-0.4, -0.2) is 11.1 Å². The first kappa shape index (κ1) is 13.4. The number of aromatic carboxylic acids is 1. The Morgan fingerprint density at radius 2 is 2.05 bits per heavy atom. The Kier molecular flexibility index (Phi) is 3.75.